The van der Waals surface area contributed by atoms with Crippen molar-refractivity contribution in [1.29, 1.82) is 0 Å². The second-order valence-corrected chi connectivity index (χ2v) is 7.10. The van der Waals surface area contributed by atoms with Gasteiger partial charge in [-0.15, -0.1) is 0 Å². The van der Waals surface area contributed by atoms with Gasteiger partial charge >= 0.3 is 19.2 Å². The van der Waals surface area contributed by atoms with E-state index in [4.69, 9.17) is 14.2 Å². The molecule has 1 amide bonds. The zero-order valence-corrected chi connectivity index (χ0v) is 16.4. The minimum Gasteiger partial charge on any atom is -0.497 e. The summed E-state index contributed by atoms with van der Waals surface area (Å²) in [5, 5.41) is 21.2. The second kappa shape index (κ2) is 10.2. The summed E-state index contributed by atoms with van der Waals surface area (Å²) < 4.78 is 15.1. The quantitative estimate of drug-likeness (QED) is 0.450. The molecular formula is C18H28BNO7. The van der Waals surface area contributed by atoms with Gasteiger partial charge in [-0.05, 0) is 63.2 Å². The number of nitrogens with one attached hydrogen (secondary N) is 1. The summed E-state index contributed by atoms with van der Waals surface area (Å²) in [6, 6.07) is 4.13. The van der Waals surface area contributed by atoms with E-state index < -0.39 is 30.8 Å². The number of amides is 1. The molecule has 0 bridgehead atoms. The third-order valence-corrected chi connectivity index (χ3v) is 3.66. The zero-order chi connectivity index (χ0) is 20.6. The number of benzene rings is 1. The Morgan fingerprint density at radius 2 is 1.85 bits per heavy atom. The third-order valence-electron chi connectivity index (χ3n) is 3.66. The van der Waals surface area contributed by atoms with Crippen LogP contribution in [0.5, 0.6) is 5.75 Å². The molecule has 0 saturated heterocycles. The molecule has 27 heavy (non-hydrogen) atoms. The van der Waals surface area contributed by atoms with E-state index in [1.807, 2.05) is 0 Å². The smallest absolute Gasteiger partial charge is 0.488 e. The van der Waals surface area contributed by atoms with Crippen LogP contribution in [0, 0.1) is 0 Å². The molecule has 150 valence electrons. The topological polar surface area (TPSA) is 114 Å². The molecule has 0 aliphatic rings. The Kier molecular flexibility index (Phi) is 8.59. The number of rotatable bonds is 8. The van der Waals surface area contributed by atoms with Crippen LogP contribution in [0.4, 0.5) is 4.79 Å². The monoisotopic (exact) mass is 381 g/mol. The number of aryl methyl sites for hydroxylation is 1. The Labute approximate surface area is 160 Å². The van der Waals surface area contributed by atoms with Gasteiger partial charge in [-0.25, -0.2) is 9.59 Å². The van der Waals surface area contributed by atoms with Gasteiger partial charge in [-0.2, -0.15) is 0 Å². The fraction of sp³-hybridized carbons (Fsp3) is 0.556. The lowest BCUT2D eigenvalue weighted by Gasteiger charge is -2.22. The highest BCUT2D eigenvalue weighted by Gasteiger charge is 2.24. The standard InChI is InChI=1S/C18H28BNO7/c1-18(2,3)27-17(22)20-15(16(21)26-5)8-6-7-12-9-13(19(23)24)11-14(10-12)25-4/h9-11,15,23-24H,6-8H2,1-5H3,(H,20,22)/t15-/m0/s1. The fourth-order valence-electron chi connectivity index (χ4n) is 2.45. The molecule has 3 N–H and O–H groups in total. The van der Waals surface area contributed by atoms with Gasteiger partial charge in [-0.1, -0.05) is 6.07 Å². The van der Waals surface area contributed by atoms with Crippen LogP contribution in [-0.2, 0) is 20.7 Å². The number of hydrogen-bond donors (Lipinski definition) is 3. The van der Waals surface area contributed by atoms with Crippen LogP contribution < -0.4 is 15.5 Å². The van der Waals surface area contributed by atoms with Crippen molar-refractivity contribution >= 4 is 24.6 Å². The van der Waals surface area contributed by atoms with Crippen LogP contribution in [0.1, 0.15) is 39.2 Å². The highest BCUT2D eigenvalue weighted by atomic mass is 16.6. The van der Waals surface area contributed by atoms with Crippen LogP contribution in [0.15, 0.2) is 18.2 Å². The maximum absolute atomic E-state index is 11.9. The van der Waals surface area contributed by atoms with Gasteiger partial charge in [0.1, 0.15) is 17.4 Å². The normalized spacial score (nSPS) is 12.1. The van der Waals surface area contributed by atoms with Gasteiger partial charge in [0, 0.05) is 0 Å². The molecule has 0 aliphatic heterocycles. The fourth-order valence-corrected chi connectivity index (χ4v) is 2.45. The van der Waals surface area contributed by atoms with Crippen molar-refractivity contribution in [1.82, 2.24) is 5.32 Å². The van der Waals surface area contributed by atoms with E-state index in [1.54, 1.807) is 32.9 Å². The van der Waals surface area contributed by atoms with E-state index in [0.717, 1.165) is 5.56 Å². The van der Waals surface area contributed by atoms with E-state index in [1.165, 1.54) is 20.3 Å². The summed E-state index contributed by atoms with van der Waals surface area (Å²) in [5.74, 6) is -0.0510. The molecule has 0 saturated carbocycles. The minimum absolute atomic E-state index is 0.320. The van der Waals surface area contributed by atoms with Crippen molar-refractivity contribution in [2.75, 3.05) is 14.2 Å². The van der Waals surface area contributed by atoms with Crippen LogP contribution >= 0.6 is 0 Å². The van der Waals surface area contributed by atoms with Gasteiger partial charge in [0.05, 0.1) is 14.2 Å². The largest absolute Gasteiger partial charge is 0.497 e. The lowest BCUT2D eigenvalue weighted by Crippen LogP contribution is -2.44. The van der Waals surface area contributed by atoms with Crippen molar-refractivity contribution < 1.29 is 33.8 Å². The molecule has 1 rings (SSSR count). The highest BCUT2D eigenvalue weighted by molar-refractivity contribution is 6.58. The van der Waals surface area contributed by atoms with Gasteiger partial charge in [0.25, 0.3) is 0 Å². The Hall–Kier alpha value is -2.26. The maximum Gasteiger partial charge on any atom is 0.488 e. The van der Waals surface area contributed by atoms with Crippen LogP contribution in [0.25, 0.3) is 0 Å². The molecule has 0 aromatic heterocycles. The van der Waals surface area contributed by atoms with Crippen LogP contribution in [0.2, 0.25) is 0 Å². The molecule has 0 heterocycles. The maximum atomic E-state index is 11.9. The number of esters is 1. The number of carbonyl (C=O) groups is 2. The number of alkyl carbamates (subject to hydrolysis) is 1. The molecule has 0 radical (unpaired) electrons. The summed E-state index contributed by atoms with van der Waals surface area (Å²) in [6.45, 7) is 5.20. The Bertz CT molecular complexity index is 643. The molecule has 1 aromatic rings. The summed E-state index contributed by atoms with van der Waals surface area (Å²) in [7, 11) is 1.14. The summed E-state index contributed by atoms with van der Waals surface area (Å²) in [4.78, 5) is 23.8. The predicted octanol–water partition coefficient (Wildman–Crippen LogP) is 0.764. The number of methoxy groups -OCH3 is 2. The van der Waals surface area contributed by atoms with Gasteiger partial charge in [-0.3, -0.25) is 0 Å². The summed E-state index contributed by atoms with van der Waals surface area (Å²) >= 11 is 0. The molecule has 0 spiro atoms. The molecule has 0 fully saturated rings. The van der Waals surface area contributed by atoms with Crippen molar-refractivity contribution in [3.05, 3.63) is 23.8 Å². The van der Waals surface area contributed by atoms with Gasteiger partial charge < -0.3 is 29.6 Å². The third kappa shape index (κ3) is 8.32. The summed E-state index contributed by atoms with van der Waals surface area (Å²) in [6.07, 6.45) is 0.731. The lowest BCUT2D eigenvalue weighted by atomic mass is 9.79. The van der Waals surface area contributed by atoms with E-state index in [9.17, 15) is 19.6 Å². The van der Waals surface area contributed by atoms with E-state index in [2.05, 4.69) is 5.32 Å². The van der Waals surface area contributed by atoms with Crippen LogP contribution in [-0.4, -0.2) is 55.1 Å². The average molecular weight is 381 g/mol. The number of ether oxygens (including phenoxy) is 3. The summed E-state index contributed by atoms with van der Waals surface area (Å²) in [5.41, 5.74) is 0.464. The Morgan fingerprint density at radius 3 is 2.37 bits per heavy atom. The van der Waals surface area contributed by atoms with Crippen LogP contribution in [0.3, 0.4) is 0 Å². The first kappa shape index (κ1) is 22.8. The van der Waals surface area contributed by atoms with Gasteiger partial charge in [0.2, 0.25) is 0 Å². The molecule has 1 atom stereocenters. The van der Waals surface area contributed by atoms with E-state index >= 15 is 0 Å². The highest BCUT2D eigenvalue weighted by Crippen LogP contribution is 2.15. The minimum atomic E-state index is -1.60. The van der Waals surface area contributed by atoms with Crippen molar-refractivity contribution in [3.63, 3.8) is 0 Å². The van der Waals surface area contributed by atoms with Crippen molar-refractivity contribution in [2.45, 2.75) is 51.7 Å². The zero-order valence-electron chi connectivity index (χ0n) is 16.4. The Balaban J connectivity index is 2.72. The number of carbonyl (C=O) groups excluding carboxylic acids is 2. The predicted molar refractivity (Wildman–Crippen MR) is 101 cm³/mol. The molecule has 1 aromatic carbocycles. The van der Waals surface area contributed by atoms with E-state index in [0.29, 0.717) is 30.5 Å². The van der Waals surface area contributed by atoms with Crippen molar-refractivity contribution in [2.24, 2.45) is 0 Å². The molecule has 0 aliphatic carbocycles. The molecule has 8 nitrogen and oxygen atoms in total. The average Bonchev–Trinajstić information content (AvgIpc) is 2.58. The Morgan fingerprint density at radius 1 is 1.19 bits per heavy atom. The first-order chi connectivity index (χ1) is 12.6. The SMILES string of the molecule is COC(=O)[C@H](CCCc1cc(OC)cc(B(O)O)c1)NC(=O)OC(C)(C)C. The first-order valence-electron chi connectivity index (χ1n) is 8.67. The lowest BCUT2D eigenvalue weighted by molar-refractivity contribution is -0.143. The number of hydrogen-bond acceptors (Lipinski definition) is 7. The molecular weight excluding hydrogens is 353 g/mol. The molecule has 9 heteroatoms. The van der Waals surface area contributed by atoms with Crippen molar-refractivity contribution in [3.8, 4) is 5.75 Å². The second-order valence-electron chi connectivity index (χ2n) is 7.10. The first-order valence-corrected chi connectivity index (χ1v) is 8.67. The van der Waals surface area contributed by atoms with E-state index in [-0.39, 0.29) is 0 Å². The molecule has 0 unspecified atom stereocenters. The van der Waals surface area contributed by atoms with Gasteiger partial charge in [0.15, 0.2) is 0 Å².